The number of aliphatic hydroxyl groups is 1. The van der Waals surface area contributed by atoms with Crippen LogP contribution in [-0.2, 0) is 6.61 Å². The molecule has 112 valence electrons. The molecule has 2 nitrogen and oxygen atoms in total. The number of ether oxygens (including phenoxy) is 1. The second kappa shape index (κ2) is 7.43. The van der Waals surface area contributed by atoms with E-state index in [9.17, 15) is 9.50 Å². The summed E-state index contributed by atoms with van der Waals surface area (Å²) in [5.41, 5.74) is 1.42. The maximum Gasteiger partial charge on any atom is 0.131 e. The number of hydrogen-bond donors (Lipinski definition) is 1. The Bertz CT molecular complexity index is 560. The molecule has 0 radical (unpaired) electrons. The molecular weight excluding hydrogens is 291 g/mol. The van der Waals surface area contributed by atoms with Crippen LogP contribution in [0.25, 0.3) is 0 Å². The summed E-state index contributed by atoms with van der Waals surface area (Å²) in [6.07, 6.45) is 0.877. The van der Waals surface area contributed by atoms with E-state index in [0.717, 1.165) is 12.0 Å². The molecule has 21 heavy (non-hydrogen) atoms. The zero-order valence-electron chi connectivity index (χ0n) is 11.9. The van der Waals surface area contributed by atoms with Gasteiger partial charge >= 0.3 is 0 Å². The molecule has 0 bridgehead atoms. The predicted molar refractivity (Wildman–Crippen MR) is 82.3 cm³/mol. The highest BCUT2D eigenvalue weighted by Crippen LogP contribution is 2.24. The molecule has 0 fully saturated rings. The minimum atomic E-state index is -0.370. The fourth-order valence-electron chi connectivity index (χ4n) is 2.13. The van der Waals surface area contributed by atoms with E-state index >= 15 is 0 Å². The van der Waals surface area contributed by atoms with Crippen molar-refractivity contribution in [2.45, 2.75) is 25.9 Å². The lowest BCUT2D eigenvalue weighted by atomic mass is 9.97. The zero-order valence-corrected chi connectivity index (χ0v) is 12.6. The SMILES string of the molecule is CCC(CO)c1ccc(OCc2c(F)cccc2Cl)cc1. The average molecular weight is 309 g/mol. The predicted octanol–water partition coefficient (Wildman–Crippen LogP) is 4.54. The highest BCUT2D eigenvalue weighted by molar-refractivity contribution is 6.31. The van der Waals surface area contributed by atoms with Gasteiger partial charge in [0.2, 0.25) is 0 Å². The summed E-state index contributed by atoms with van der Waals surface area (Å²) >= 11 is 5.95. The van der Waals surface area contributed by atoms with Gasteiger partial charge in [-0.1, -0.05) is 36.7 Å². The molecule has 2 aromatic carbocycles. The second-order valence-electron chi connectivity index (χ2n) is 4.85. The molecule has 0 aliphatic carbocycles. The normalized spacial score (nSPS) is 12.2. The Balaban J connectivity index is 2.04. The molecule has 4 heteroatoms. The van der Waals surface area contributed by atoms with E-state index in [4.69, 9.17) is 16.3 Å². The third-order valence-corrected chi connectivity index (χ3v) is 3.86. The van der Waals surface area contributed by atoms with Crippen molar-refractivity contribution in [3.05, 3.63) is 64.4 Å². The number of benzene rings is 2. The third kappa shape index (κ3) is 3.96. The first-order valence-corrected chi connectivity index (χ1v) is 7.30. The van der Waals surface area contributed by atoms with Gasteiger partial charge in [-0.3, -0.25) is 0 Å². The van der Waals surface area contributed by atoms with Crippen LogP contribution in [-0.4, -0.2) is 11.7 Å². The minimum Gasteiger partial charge on any atom is -0.489 e. The largest absolute Gasteiger partial charge is 0.489 e. The maximum absolute atomic E-state index is 13.6. The van der Waals surface area contributed by atoms with Gasteiger partial charge in [-0.25, -0.2) is 4.39 Å². The van der Waals surface area contributed by atoms with Crippen molar-refractivity contribution in [2.24, 2.45) is 0 Å². The lowest BCUT2D eigenvalue weighted by Gasteiger charge is -2.13. The van der Waals surface area contributed by atoms with Crippen LogP contribution < -0.4 is 4.74 Å². The molecule has 1 N–H and O–H groups in total. The Labute approximate surface area is 129 Å². The molecule has 1 atom stereocenters. The molecule has 0 saturated carbocycles. The summed E-state index contributed by atoms with van der Waals surface area (Å²) in [5, 5.41) is 9.63. The molecule has 0 amide bonds. The van der Waals surface area contributed by atoms with Crippen LogP contribution in [0.3, 0.4) is 0 Å². The van der Waals surface area contributed by atoms with E-state index in [1.807, 2.05) is 31.2 Å². The lowest BCUT2D eigenvalue weighted by molar-refractivity contribution is 0.262. The van der Waals surface area contributed by atoms with Crippen molar-refractivity contribution in [1.82, 2.24) is 0 Å². The van der Waals surface area contributed by atoms with E-state index in [2.05, 4.69) is 0 Å². The van der Waals surface area contributed by atoms with E-state index in [0.29, 0.717) is 16.3 Å². The van der Waals surface area contributed by atoms with Crippen molar-refractivity contribution in [2.75, 3.05) is 6.61 Å². The summed E-state index contributed by atoms with van der Waals surface area (Å²) in [6.45, 7) is 2.25. The van der Waals surface area contributed by atoms with Crippen molar-refractivity contribution >= 4 is 11.6 Å². The van der Waals surface area contributed by atoms with Gasteiger partial charge in [0.25, 0.3) is 0 Å². The summed E-state index contributed by atoms with van der Waals surface area (Å²) in [7, 11) is 0. The fourth-order valence-corrected chi connectivity index (χ4v) is 2.35. The molecule has 0 spiro atoms. The Morgan fingerprint density at radius 3 is 2.48 bits per heavy atom. The quantitative estimate of drug-likeness (QED) is 0.848. The number of hydrogen-bond acceptors (Lipinski definition) is 2. The Morgan fingerprint density at radius 2 is 1.90 bits per heavy atom. The third-order valence-electron chi connectivity index (χ3n) is 3.51. The topological polar surface area (TPSA) is 29.5 Å². The van der Waals surface area contributed by atoms with Crippen molar-refractivity contribution in [1.29, 1.82) is 0 Å². The van der Waals surface area contributed by atoms with Crippen molar-refractivity contribution < 1.29 is 14.2 Å². The summed E-state index contributed by atoms with van der Waals surface area (Å²) < 4.78 is 19.2. The maximum atomic E-state index is 13.6. The fraction of sp³-hybridized carbons (Fsp3) is 0.294. The first kappa shape index (κ1) is 15.8. The average Bonchev–Trinajstić information content (AvgIpc) is 2.49. The minimum absolute atomic E-state index is 0.0854. The van der Waals surface area contributed by atoms with Gasteiger partial charge in [-0.05, 0) is 36.2 Å². The molecule has 0 aromatic heterocycles. The molecule has 0 aliphatic heterocycles. The van der Waals surface area contributed by atoms with E-state index in [1.54, 1.807) is 12.1 Å². The second-order valence-corrected chi connectivity index (χ2v) is 5.25. The van der Waals surface area contributed by atoms with E-state index in [-0.39, 0.29) is 24.9 Å². The monoisotopic (exact) mass is 308 g/mol. The zero-order chi connectivity index (χ0) is 15.2. The molecule has 2 aromatic rings. The molecule has 0 saturated heterocycles. The van der Waals surface area contributed by atoms with Crippen LogP contribution in [0, 0.1) is 5.82 Å². The van der Waals surface area contributed by atoms with Gasteiger partial charge < -0.3 is 9.84 Å². The Kier molecular flexibility index (Phi) is 5.59. The van der Waals surface area contributed by atoms with Gasteiger partial charge in [0, 0.05) is 18.1 Å². The summed E-state index contributed by atoms with van der Waals surface area (Å²) in [5.74, 6) is 0.413. The van der Waals surface area contributed by atoms with Gasteiger partial charge in [0.15, 0.2) is 0 Å². The first-order valence-electron chi connectivity index (χ1n) is 6.92. The van der Waals surface area contributed by atoms with Crippen molar-refractivity contribution in [3.63, 3.8) is 0 Å². The molecular formula is C17H18ClFO2. The van der Waals surface area contributed by atoms with Crippen LogP contribution in [0.4, 0.5) is 4.39 Å². The van der Waals surface area contributed by atoms with Crippen LogP contribution >= 0.6 is 11.6 Å². The Morgan fingerprint density at radius 1 is 1.19 bits per heavy atom. The highest BCUT2D eigenvalue weighted by Gasteiger charge is 2.09. The van der Waals surface area contributed by atoms with E-state index < -0.39 is 0 Å². The highest BCUT2D eigenvalue weighted by atomic mass is 35.5. The van der Waals surface area contributed by atoms with Crippen molar-refractivity contribution in [3.8, 4) is 5.75 Å². The van der Waals surface area contributed by atoms with Crippen LogP contribution in [0.1, 0.15) is 30.4 Å². The molecule has 0 heterocycles. The number of halogens is 2. The molecule has 2 rings (SSSR count). The first-order chi connectivity index (χ1) is 10.2. The van der Waals surface area contributed by atoms with Gasteiger partial charge in [0.05, 0.1) is 5.02 Å². The number of aliphatic hydroxyl groups excluding tert-OH is 1. The number of rotatable bonds is 6. The van der Waals surface area contributed by atoms with Crippen LogP contribution in [0.5, 0.6) is 5.75 Å². The standard InChI is InChI=1S/C17H18ClFO2/c1-2-12(10-20)13-6-8-14(9-7-13)21-11-15-16(18)4-3-5-17(15)19/h3-9,12,20H,2,10-11H2,1H3. The summed E-state index contributed by atoms with van der Waals surface area (Å²) in [6, 6.07) is 12.0. The lowest BCUT2D eigenvalue weighted by Crippen LogP contribution is -2.03. The van der Waals surface area contributed by atoms with Gasteiger partial charge in [-0.15, -0.1) is 0 Å². The van der Waals surface area contributed by atoms with Gasteiger partial charge in [0.1, 0.15) is 18.2 Å². The molecule has 0 aliphatic rings. The molecule has 1 unspecified atom stereocenters. The van der Waals surface area contributed by atoms with E-state index in [1.165, 1.54) is 6.07 Å². The van der Waals surface area contributed by atoms with Crippen LogP contribution in [0.2, 0.25) is 5.02 Å². The Hall–Kier alpha value is -1.58. The van der Waals surface area contributed by atoms with Gasteiger partial charge in [-0.2, -0.15) is 0 Å². The summed E-state index contributed by atoms with van der Waals surface area (Å²) in [4.78, 5) is 0. The van der Waals surface area contributed by atoms with Crippen LogP contribution in [0.15, 0.2) is 42.5 Å². The smallest absolute Gasteiger partial charge is 0.131 e.